The molecule has 2 heterocycles. The number of aliphatic carboxylic acids is 1. The zero-order valence-electron chi connectivity index (χ0n) is 18.4. The quantitative estimate of drug-likeness (QED) is 0.686. The lowest BCUT2D eigenvalue weighted by molar-refractivity contribution is -0.147. The summed E-state index contributed by atoms with van der Waals surface area (Å²) in [5.74, 6) is 0.808. The molecule has 30 heavy (non-hydrogen) atoms. The number of hydrogen-bond donors (Lipinski definition) is 1. The Hall–Kier alpha value is -2.14. The number of carboxylic acid groups (broad SMARTS) is 1. The zero-order chi connectivity index (χ0) is 21.3. The highest BCUT2D eigenvalue weighted by molar-refractivity contribution is 5.83. The van der Waals surface area contributed by atoms with Crippen LogP contribution in [0.15, 0.2) is 30.5 Å². The average Bonchev–Trinajstić information content (AvgIpc) is 2.70. The molecule has 0 spiro atoms. The number of ether oxygens (including phenoxy) is 1. The van der Waals surface area contributed by atoms with E-state index in [2.05, 4.69) is 54.9 Å². The van der Waals surface area contributed by atoms with Crippen LogP contribution in [0.2, 0.25) is 0 Å². The Balaban J connectivity index is 1.34. The number of hydrogen-bond acceptors (Lipinski definition) is 4. The first kappa shape index (κ1) is 21.1. The maximum atomic E-state index is 10.9. The molecule has 2 aliphatic rings. The Morgan fingerprint density at radius 2 is 1.90 bits per heavy atom. The number of nitrogens with zero attached hydrogens (tertiary/aromatic N) is 2. The predicted octanol–water partition coefficient (Wildman–Crippen LogP) is 5.13. The summed E-state index contributed by atoms with van der Waals surface area (Å²) in [6.45, 7) is 9.02. The molecule has 2 fully saturated rings. The number of pyridine rings is 1. The van der Waals surface area contributed by atoms with Crippen LogP contribution in [0.3, 0.4) is 0 Å². The molecular formula is C25H34N2O3. The lowest BCUT2D eigenvalue weighted by atomic mass is 9.69. The number of fused-ring (bicyclic) bond motifs is 1. The first-order valence-corrected chi connectivity index (χ1v) is 11.3. The summed E-state index contributed by atoms with van der Waals surface area (Å²) in [6.07, 6.45) is 8.24. The number of benzene rings is 1. The lowest BCUT2D eigenvalue weighted by Crippen LogP contribution is -2.49. The molecule has 1 aromatic heterocycles. The second-order valence-corrected chi connectivity index (χ2v) is 9.85. The summed E-state index contributed by atoms with van der Waals surface area (Å²) in [5, 5.41) is 11.2. The number of aromatic nitrogens is 1. The number of carboxylic acids is 1. The van der Waals surface area contributed by atoms with Crippen molar-refractivity contribution in [3.05, 3.63) is 36.2 Å². The van der Waals surface area contributed by atoms with Gasteiger partial charge in [0, 0.05) is 31.2 Å². The SMILES string of the molecule is CCC(C)(C)C1CCC(Oc2ccc3cc(CN4CC(C(=O)O)C4)ncc3c2)CC1. The first-order valence-electron chi connectivity index (χ1n) is 11.3. The van der Waals surface area contributed by atoms with Gasteiger partial charge in [-0.2, -0.15) is 0 Å². The molecule has 2 aromatic rings. The van der Waals surface area contributed by atoms with Crippen LogP contribution in [0.1, 0.15) is 58.6 Å². The fraction of sp³-hybridized carbons (Fsp3) is 0.600. The maximum Gasteiger partial charge on any atom is 0.309 e. The third kappa shape index (κ3) is 4.61. The number of likely N-dealkylation sites (tertiary alicyclic amines) is 1. The van der Waals surface area contributed by atoms with Gasteiger partial charge in [-0.3, -0.25) is 14.7 Å². The highest BCUT2D eigenvalue weighted by Gasteiger charge is 2.33. The summed E-state index contributed by atoms with van der Waals surface area (Å²) in [6, 6.07) is 8.37. The minimum absolute atomic E-state index is 0.228. The minimum atomic E-state index is -0.701. The summed E-state index contributed by atoms with van der Waals surface area (Å²) < 4.78 is 6.32. The molecule has 0 unspecified atom stereocenters. The number of rotatable bonds is 7. The van der Waals surface area contributed by atoms with Gasteiger partial charge in [-0.15, -0.1) is 0 Å². The summed E-state index contributed by atoms with van der Waals surface area (Å²) in [4.78, 5) is 17.7. The Kier molecular flexibility index (Phi) is 6.01. The van der Waals surface area contributed by atoms with Crippen LogP contribution in [0.5, 0.6) is 5.75 Å². The highest BCUT2D eigenvalue weighted by atomic mass is 16.5. The van der Waals surface area contributed by atoms with Crippen molar-refractivity contribution in [3.8, 4) is 5.75 Å². The van der Waals surface area contributed by atoms with Crippen molar-refractivity contribution in [3.63, 3.8) is 0 Å². The van der Waals surface area contributed by atoms with Crippen molar-refractivity contribution < 1.29 is 14.6 Å². The molecule has 1 aliphatic heterocycles. The molecule has 5 nitrogen and oxygen atoms in total. The van der Waals surface area contributed by atoms with Crippen molar-refractivity contribution in [1.82, 2.24) is 9.88 Å². The second-order valence-electron chi connectivity index (χ2n) is 9.85. The van der Waals surface area contributed by atoms with Crippen LogP contribution in [-0.2, 0) is 11.3 Å². The molecule has 1 N–H and O–H groups in total. The van der Waals surface area contributed by atoms with Gasteiger partial charge in [0.15, 0.2) is 0 Å². The van der Waals surface area contributed by atoms with E-state index in [0.717, 1.165) is 41.0 Å². The van der Waals surface area contributed by atoms with Gasteiger partial charge in [-0.05, 0) is 60.6 Å². The van der Waals surface area contributed by atoms with Crippen molar-refractivity contribution in [2.24, 2.45) is 17.3 Å². The molecule has 1 aromatic carbocycles. The summed E-state index contributed by atoms with van der Waals surface area (Å²) in [7, 11) is 0. The molecule has 0 atom stereocenters. The van der Waals surface area contributed by atoms with Crippen LogP contribution < -0.4 is 4.74 Å². The molecule has 0 amide bonds. The molecule has 0 bridgehead atoms. The van der Waals surface area contributed by atoms with E-state index < -0.39 is 5.97 Å². The molecule has 1 saturated carbocycles. The monoisotopic (exact) mass is 410 g/mol. The summed E-state index contributed by atoms with van der Waals surface area (Å²) >= 11 is 0. The van der Waals surface area contributed by atoms with Crippen LogP contribution in [0.25, 0.3) is 10.8 Å². The van der Waals surface area contributed by atoms with Crippen molar-refractivity contribution in [1.29, 1.82) is 0 Å². The van der Waals surface area contributed by atoms with E-state index in [1.165, 1.54) is 19.3 Å². The van der Waals surface area contributed by atoms with Crippen molar-refractivity contribution in [2.45, 2.75) is 65.5 Å². The molecular weight excluding hydrogens is 376 g/mol. The van der Waals surface area contributed by atoms with Crippen LogP contribution in [-0.4, -0.2) is 40.2 Å². The Morgan fingerprint density at radius 1 is 1.17 bits per heavy atom. The van der Waals surface area contributed by atoms with Gasteiger partial charge >= 0.3 is 5.97 Å². The van der Waals surface area contributed by atoms with E-state index in [9.17, 15) is 4.79 Å². The van der Waals surface area contributed by atoms with E-state index >= 15 is 0 Å². The van der Waals surface area contributed by atoms with Crippen LogP contribution in [0, 0.1) is 17.3 Å². The van der Waals surface area contributed by atoms with Gasteiger partial charge in [-0.1, -0.05) is 33.3 Å². The first-order chi connectivity index (χ1) is 14.3. The van der Waals surface area contributed by atoms with E-state index in [-0.39, 0.29) is 5.92 Å². The van der Waals surface area contributed by atoms with Gasteiger partial charge < -0.3 is 9.84 Å². The fourth-order valence-corrected chi connectivity index (χ4v) is 4.85. The van der Waals surface area contributed by atoms with Crippen molar-refractivity contribution >= 4 is 16.7 Å². The van der Waals surface area contributed by atoms with Gasteiger partial charge in [0.05, 0.1) is 17.7 Å². The fourth-order valence-electron chi connectivity index (χ4n) is 4.85. The molecule has 4 rings (SSSR count). The smallest absolute Gasteiger partial charge is 0.309 e. The third-order valence-electron chi connectivity index (χ3n) is 7.44. The molecule has 1 aliphatic carbocycles. The standard InChI is InChI=1S/C25H34N2O3/c1-4-25(2,3)20-6-9-22(10-7-20)30-23-8-5-17-11-21(26-13-18(17)12-23)16-27-14-19(15-27)24(28)29/h5,8,11-13,19-20,22H,4,6-7,9-10,14-16H2,1-3H3,(H,28,29). The van der Waals surface area contributed by atoms with E-state index in [0.29, 0.717) is 31.2 Å². The minimum Gasteiger partial charge on any atom is -0.490 e. The zero-order valence-corrected chi connectivity index (χ0v) is 18.4. The Bertz CT molecular complexity index is 896. The van der Waals surface area contributed by atoms with E-state index in [1.54, 1.807) is 0 Å². The van der Waals surface area contributed by atoms with Crippen molar-refractivity contribution in [2.75, 3.05) is 13.1 Å². The molecule has 1 saturated heterocycles. The normalized spacial score (nSPS) is 23.3. The topological polar surface area (TPSA) is 62.7 Å². The largest absolute Gasteiger partial charge is 0.490 e. The number of carbonyl (C=O) groups is 1. The van der Waals surface area contributed by atoms with Gasteiger partial charge in [0.1, 0.15) is 5.75 Å². The highest BCUT2D eigenvalue weighted by Crippen LogP contribution is 2.41. The molecule has 162 valence electrons. The van der Waals surface area contributed by atoms with Crippen LogP contribution in [0.4, 0.5) is 0 Å². The Morgan fingerprint density at radius 3 is 2.57 bits per heavy atom. The second kappa shape index (κ2) is 8.54. The van der Waals surface area contributed by atoms with Gasteiger partial charge in [0.25, 0.3) is 0 Å². The van der Waals surface area contributed by atoms with Crippen LogP contribution >= 0.6 is 0 Å². The van der Waals surface area contributed by atoms with E-state index in [4.69, 9.17) is 9.84 Å². The molecule has 0 radical (unpaired) electrons. The lowest BCUT2D eigenvalue weighted by Gasteiger charge is -2.38. The third-order valence-corrected chi connectivity index (χ3v) is 7.44. The van der Waals surface area contributed by atoms with Gasteiger partial charge in [0.2, 0.25) is 0 Å². The summed E-state index contributed by atoms with van der Waals surface area (Å²) in [5.41, 5.74) is 1.42. The maximum absolute atomic E-state index is 10.9. The average molecular weight is 411 g/mol. The Labute approximate surface area is 179 Å². The van der Waals surface area contributed by atoms with Gasteiger partial charge in [-0.25, -0.2) is 0 Å². The molecule has 5 heteroatoms. The predicted molar refractivity (Wildman–Crippen MR) is 119 cm³/mol. The van der Waals surface area contributed by atoms with E-state index in [1.807, 2.05) is 6.20 Å².